The van der Waals surface area contributed by atoms with E-state index >= 15 is 0 Å². The van der Waals surface area contributed by atoms with E-state index in [1.807, 2.05) is 24.3 Å². The first kappa shape index (κ1) is 23.4. The van der Waals surface area contributed by atoms with Crippen LogP contribution in [0.4, 0.5) is 5.69 Å². The number of guanidine groups is 1. The number of aliphatic imine (C=N–C) groups is 1. The van der Waals surface area contributed by atoms with Gasteiger partial charge in [0, 0.05) is 50.0 Å². The van der Waals surface area contributed by atoms with Crippen LogP contribution in [0.25, 0.3) is 0 Å². The van der Waals surface area contributed by atoms with Gasteiger partial charge in [-0.2, -0.15) is 0 Å². The Kier molecular flexibility index (Phi) is 7.00. The lowest BCUT2D eigenvalue weighted by atomic mass is 9.85. The molecule has 2 bridgehead atoms. The van der Waals surface area contributed by atoms with Crippen LogP contribution in [0, 0.1) is 23.7 Å². The third-order valence-corrected chi connectivity index (χ3v) is 7.42. The van der Waals surface area contributed by atoms with Crippen molar-refractivity contribution in [2.45, 2.75) is 12.8 Å². The van der Waals surface area contributed by atoms with Gasteiger partial charge in [-0.15, -0.1) is 24.0 Å². The Balaban J connectivity index is 0.00000245. The third kappa shape index (κ3) is 4.23. The topological polar surface area (TPSA) is 82.2 Å². The lowest BCUT2D eigenvalue weighted by Crippen LogP contribution is -2.51. The summed E-state index contributed by atoms with van der Waals surface area (Å²) in [6.45, 7) is 4.30. The van der Waals surface area contributed by atoms with E-state index < -0.39 is 0 Å². The highest BCUT2D eigenvalue weighted by atomic mass is 127. The minimum atomic E-state index is -0.118. The molecular formula is C23H29ClIN5O2. The normalized spacial score (nSPS) is 29.0. The summed E-state index contributed by atoms with van der Waals surface area (Å²) in [4.78, 5) is 35.8. The van der Waals surface area contributed by atoms with Gasteiger partial charge < -0.3 is 15.5 Å². The van der Waals surface area contributed by atoms with Gasteiger partial charge in [0.15, 0.2) is 5.96 Å². The Morgan fingerprint density at radius 1 is 1.00 bits per heavy atom. The predicted octanol–water partition coefficient (Wildman–Crippen LogP) is 2.59. The number of rotatable bonds is 5. The molecule has 2 N–H and O–H groups in total. The predicted molar refractivity (Wildman–Crippen MR) is 136 cm³/mol. The summed E-state index contributed by atoms with van der Waals surface area (Å²) in [5.74, 6) is 0.854. The Bertz CT molecular complexity index is 899. The number of amides is 2. The maximum atomic E-state index is 12.7. The van der Waals surface area contributed by atoms with E-state index in [-0.39, 0.29) is 59.5 Å². The molecule has 9 heteroatoms. The van der Waals surface area contributed by atoms with Gasteiger partial charge >= 0.3 is 0 Å². The van der Waals surface area contributed by atoms with E-state index in [9.17, 15) is 9.59 Å². The number of likely N-dealkylation sites (tertiary alicyclic amines) is 1. The molecule has 1 aromatic carbocycles. The summed E-state index contributed by atoms with van der Waals surface area (Å²) >= 11 is 5.97. The second-order valence-electron chi connectivity index (χ2n) is 8.87. The van der Waals surface area contributed by atoms with Crippen molar-refractivity contribution in [2.24, 2.45) is 34.4 Å². The summed E-state index contributed by atoms with van der Waals surface area (Å²) in [6.07, 6.45) is 5.86. The van der Waals surface area contributed by atoms with Crippen LogP contribution in [-0.2, 0) is 9.59 Å². The monoisotopic (exact) mass is 569 g/mol. The number of allylic oxidation sites excluding steroid dienone is 2. The van der Waals surface area contributed by atoms with Crippen molar-refractivity contribution >= 4 is 59.0 Å². The number of carbonyl (C=O) groups is 2. The van der Waals surface area contributed by atoms with Crippen molar-refractivity contribution in [1.82, 2.24) is 9.80 Å². The van der Waals surface area contributed by atoms with E-state index in [0.29, 0.717) is 25.5 Å². The SMILES string of the molecule is I.NC(=NCCCN1C(=O)C2C3C=CC(C3)C2C1=O)N1CCN(c2ccc(Cl)cc2)CC1. The molecule has 0 radical (unpaired) electrons. The lowest BCUT2D eigenvalue weighted by Gasteiger charge is -2.36. The van der Waals surface area contributed by atoms with E-state index in [1.54, 1.807) is 0 Å². The van der Waals surface area contributed by atoms with Gasteiger partial charge in [0.25, 0.3) is 0 Å². The lowest BCUT2D eigenvalue weighted by molar-refractivity contribution is -0.140. The van der Waals surface area contributed by atoms with Crippen molar-refractivity contribution in [1.29, 1.82) is 0 Å². The number of hydrogen-bond acceptors (Lipinski definition) is 4. The van der Waals surface area contributed by atoms with Gasteiger partial charge in [0.05, 0.1) is 11.8 Å². The molecule has 2 amide bonds. The zero-order chi connectivity index (χ0) is 21.5. The van der Waals surface area contributed by atoms with Crippen LogP contribution >= 0.6 is 35.6 Å². The van der Waals surface area contributed by atoms with E-state index in [0.717, 1.165) is 43.3 Å². The smallest absolute Gasteiger partial charge is 0.233 e. The average molecular weight is 570 g/mol. The molecule has 32 heavy (non-hydrogen) atoms. The number of anilines is 1. The first-order valence-corrected chi connectivity index (χ1v) is 11.5. The molecule has 2 aliphatic carbocycles. The van der Waals surface area contributed by atoms with Crippen molar-refractivity contribution in [3.8, 4) is 0 Å². The minimum Gasteiger partial charge on any atom is -0.370 e. The molecule has 0 aromatic heterocycles. The van der Waals surface area contributed by atoms with Gasteiger partial charge in [-0.25, -0.2) is 0 Å². The van der Waals surface area contributed by atoms with Crippen LogP contribution < -0.4 is 10.6 Å². The first-order chi connectivity index (χ1) is 15.0. The number of imide groups is 1. The quantitative estimate of drug-likeness (QED) is 0.147. The summed E-state index contributed by atoms with van der Waals surface area (Å²) in [5.41, 5.74) is 7.36. The van der Waals surface area contributed by atoms with Crippen LogP contribution in [0.5, 0.6) is 0 Å². The number of benzene rings is 1. The van der Waals surface area contributed by atoms with Gasteiger partial charge in [-0.3, -0.25) is 19.5 Å². The minimum absolute atomic E-state index is 0. The first-order valence-electron chi connectivity index (χ1n) is 11.1. The number of halogens is 2. The van der Waals surface area contributed by atoms with Gasteiger partial charge in [-0.05, 0) is 48.9 Å². The molecule has 5 rings (SSSR count). The Labute approximate surface area is 210 Å². The summed E-state index contributed by atoms with van der Waals surface area (Å²) in [7, 11) is 0. The standard InChI is InChI=1S/C23H28ClN5O2.HI/c24-17-4-6-18(7-5-17)27-10-12-28(13-11-27)23(25)26-8-1-9-29-21(30)19-15-2-3-16(14-15)20(19)22(29)31;/h2-7,15-16,19-20H,1,8-14H2,(H2,25,26);1H. The van der Waals surface area contributed by atoms with Crippen LogP contribution in [0.15, 0.2) is 41.4 Å². The Morgan fingerprint density at radius 3 is 2.19 bits per heavy atom. The molecule has 0 spiro atoms. The number of carbonyl (C=O) groups excluding carboxylic acids is 2. The third-order valence-electron chi connectivity index (χ3n) is 7.17. The van der Waals surface area contributed by atoms with Gasteiger partial charge in [0.1, 0.15) is 0 Å². The molecule has 2 saturated heterocycles. The molecule has 7 nitrogen and oxygen atoms in total. The van der Waals surface area contributed by atoms with Crippen molar-refractivity contribution in [2.75, 3.05) is 44.2 Å². The maximum absolute atomic E-state index is 12.7. The number of piperazine rings is 1. The number of nitrogens with zero attached hydrogens (tertiary/aromatic N) is 4. The van der Waals surface area contributed by atoms with E-state index in [4.69, 9.17) is 17.3 Å². The molecule has 4 atom stereocenters. The highest BCUT2D eigenvalue weighted by molar-refractivity contribution is 14.0. The zero-order valence-electron chi connectivity index (χ0n) is 17.9. The Hall–Kier alpha value is -1.81. The van der Waals surface area contributed by atoms with E-state index in [1.165, 1.54) is 4.90 Å². The van der Waals surface area contributed by atoms with Gasteiger partial charge in [-0.1, -0.05) is 23.8 Å². The van der Waals surface area contributed by atoms with E-state index in [2.05, 4.69) is 26.9 Å². The molecule has 3 fully saturated rings. The zero-order valence-corrected chi connectivity index (χ0v) is 21.0. The largest absolute Gasteiger partial charge is 0.370 e. The summed E-state index contributed by atoms with van der Waals surface area (Å²) < 4.78 is 0. The fraction of sp³-hybridized carbons (Fsp3) is 0.522. The van der Waals surface area contributed by atoms with Crippen LogP contribution in [0.2, 0.25) is 5.02 Å². The molecule has 1 aromatic rings. The molecular weight excluding hydrogens is 541 g/mol. The fourth-order valence-electron chi connectivity index (χ4n) is 5.55. The molecule has 172 valence electrons. The highest BCUT2D eigenvalue weighted by Crippen LogP contribution is 2.52. The fourth-order valence-corrected chi connectivity index (χ4v) is 5.68. The highest BCUT2D eigenvalue weighted by Gasteiger charge is 2.58. The van der Waals surface area contributed by atoms with Crippen molar-refractivity contribution < 1.29 is 9.59 Å². The second kappa shape index (κ2) is 9.59. The molecule has 1 saturated carbocycles. The number of fused-ring (bicyclic) bond motifs is 5. The van der Waals surface area contributed by atoms with Crippen molar-refractivity contribution in [3.63, 3.8) is 0 Å². The van der Waals surface area contributed by atoms with Gasteiger partial charge in [0.2, 0.25) is 11.8 Å². The molecule has 2 aliphatic heterocycles. The molecule has 4 aliphatic rings. The molecule has 2 heterocycles. The van der Waals surface area contributed by atoms with Crippen LogP contribution in [0.3, 0.4) is 0 Å². The molecule has 4 unspecified atom stereocenters. The summed E-state index contributed by atoms with van der Waals surface area (Å²) in [6, 6.07) is 7.88. The average Bonchev–Trinajstić information content (AvgIpc) is 3.46. The summed E-state index contributed by atoms with van der Waals surface area (Å²) in [5, 5.41) is 0.739. The number of hydrogen-bond donors (Lipinski definition) is 1. The van der Waals surface area contributed by atoms with Crippen LogP contribution in [-0.4, -0.2) is 66.8 Å². The Morgan fingerprint density at radius 2 is 1.59 bits per heavy atom. The number of nitrogens with two attached hydrogens (primary N) is 1. The van der Waals surface area contributed by atoms with Crippen LogP contribution in [0.1, 0.15) is 12.8 Å². The second-order valence-corrected chi connectivity index (χ2v) is 9.31. The maximum Gasteiger partial charge on any atom is 0.233 e. The van der Waals surface area contributed by atoms with Crippen molar-refractivity contribution in [3.05, 3.63) is 41.4 Å².